The lowest BCUT2D eigenvalue weighted by molar-refractivity contribution is -0.384. The number of non-ortho nitro benzene ring substituents is 1. The number of hydrogen-bond acceptors (Lipinski definition) is 7. The van der Waals surface area contributed by atoms with Gasteiger partial charge in [0.05, 0.1) is 17.1 Å². The second kappa shape index (κ2) is 9.42. The van der Waals surface area contributed by atoms with Gasteiger partial charge >= 0.3 is 5.97 Å². The molecule has 0 bridgehead atoms. The van der Waals surface area contributed by atoms with E-state index in [4.69, 9.17) is 9.84 Å². The third kappa shape index (κ3) is 5.48. The number of benzene rings is 2. The lowest BCUT2D eigenvalue weighted by atomic mass is 10.1. The van der Waals surface area contributed by atoms with E-state index in [2.05, 4.69) is 10.6 Å². The monoisotopic (exact) mass is 391 g/mol. The average molecular weight is 391 g/mol. The van der Waals surface area contributed by atoms with Gasteiger partial charge < -0.3 is 20.5 Å². The second-order valence-electron chi connectivity index (χ2n) is 5.68. The van der Waals surface area contributed by atoms with Crippen LogP contribution in [0.3, 0.4) is 0 Å². The summed E-state index contributed by atoms with van der Waals surface area (Å²) in [6, 6.07) is 8.70. The zero-order valence-electron chi connectivity index (χ0n) is 14.8. The molecular weight excluding hydrogens is 373 g/mol. The van der Waals surface area contributed by atoms with Crippen LogP contribution in [0.4, 0.5) is 21.5 Å². The van der Waals surface area contributed by atoms with Gasteiger partial charge in [-0.25, -0.2) is 9.18 Å². The molecule has 0 radical (unpaired) electrons. The molecule has 10 heteroatoms. The van der Waals surface area contributed by atoms with Crippen molar-refractivity contribution in [2.45, 2.75) is 13.0 Å². The van der Waals surface area contributed by atoms with Crippen LogP contribution in [0.1, 0.15) is 17.3 Å². The largest absolute Gasteiger partial charge is 0.449 e. The maximum Gasteiger partial charge on any atom is 0.341 e. The van der Waals surface area contributed by atoms with Gasteiger partial charge in [0, 0.05) is 30.1 Å². The Morgan fingerprint density at radius 1 is 1.29 bits per heavy atom. The third-order valence-corrected chi connectivity index (χ3v) is 3.61. The minimum Gasteiger partial charge on any atom is -0.449 e. The molecule has 0 aliphatic carbocycles. The first-order chi connectivity index (χ1) is 13.3. The highest BCUT2D eigenvalue weighted by Crippen LogP contribution is 2.23. The molecule has 0 heterocycles. The van der Waals surface area contributed by atoms with Crippen molar-refractivity contribution in [1.82, 2.24) is 0 Å². The van der Waals surface area contributed by atoms with Crippen molar-refractivity contribution in [3.05, 3.63) is 64.0 Å². The summed E-state index contributed by atoms with van der Waals surface area (Å²) >= 11 is 0. The van der Waals surface area contributed by atoms with Gasteiger partial charge in [0.15, 0.2) is 6.10 Å². The predicted octanol–water partition coefficient (Wildman–Crippen LogP) is 2.32. The van der Waals surface area contributed by atoms with Crippen molar-refractivity contribution in [2.75, 3.05) is 23.8 Å². The summed E-state index contributed by atoms with van der Waals surface area (Å²) in [6.07, 6.45) is -1.25. The van der Waals surface area contributed by atoms with Gasteiger partial charge in [0.25, 0.3) is 11.6 Å². The van der Waals surface area contributed by atoms with Gasteiger partial charge in [-0.3, -0.25) is 14.9 Å². The fourth-order valence-corrected chi connectivity index (χ4v) is 2.25. The Morgan fingerprint density at radius 3 is 2.68 bits per heavy atom. The molecule has 0 aliphatic heterocycles. The summed E-state index contributed by atoms with van der Waals surface area (Å²) < 4.78 is 18.3. The van der Waals surface area contributed by atoms with E-state index >= 15 is 0 Å². The molecule has 148 valence electrons. The number of halogens is 1. The van der Waals surface area contributed by atoms with Crippen LogP contribution < -0.4 is 10.6 Å². The highest BCUT2D eigenvalue weighted by molar-refractivity contribution is 6.00. The number of amides is 1. The van der Waals surface area contributed by atoms with E-state index in [1.54, 1.807) is 0 Å². The number of nitro groups is 1. The number of aliphatic hydroxyl groups excluding tert-OH is 1. The van der Waals surface area contributed by atoms with Crippen LogP contribution in [-0.2, 0) is 9.53 Å². The molecule has 2 rings (SSSR count). The van der Waals surface area contributed by atoms with E-state index in [0.29, 0.717) is 0 Å². The van der Waals surface area contributed by atoms with Crippen LogP contribution in [0, 0.1) is 15.9 Å². The molecule has 28 heavy (non-hydrogen) atoms. The number of ether oxygens (including phenoxy) is 1. The average Bonchev–Trinajstić information content (AvgIpc) is 2.65. The number of nitrogens with one attached hydrogen (secondary N) is 2. The molecule has 3 N–H and O–H groups in total. The van der Waals surface area contributed by atoms with E-state index in [9.17, 15) is 24.1 Å². The smallest absolute Gasteiger partial charge is 0.341 e. The van der Waals surface area contributed by atoms with Crippen molar-refractivity contribution in [2.24, 2.45) is 0 Å². The Labute approximate surface area is 159 Å². The Balaban J connectivity index is 2.14. The van der Waals surface area contributed by atoms with Crippen molar-refractivity contribution < 1.29 is 28.7 Å². The number of esters is 1. The van der Waals surface area contributed by atoms with Crippen molar-refractivity contribution >= 4 is 28.9 Å². The Bertz CT molecular complexity index is 889. The Hall–Kier alpha value is -3.53. The van der Waals surface area contributed by atoms with Gasteiger partial charge in [-0.1, -0.05) is 6.07 Å². The summed E-state index contributed by atoms with van der Waals surface area (Å²) in [7, 11) is 0. The zero-order chi connectivity index (χ0) is 20.7. The first kappa shape index (κ1) is 20.8. The number of nitro benzene ring substituents is 1. The fraction of sp³-hybridized carbons (Fsp3) is 0.222. The highest BCUT2D eigenvalue weighted by atomic mass is 19.1. The normalized spacial score (nSPS) is 11.4. The molecule has 0 unspecified atom stereocenters. The Morgan fingerprint density at radius 2 is 2.04 bits per heavy atom. The summed E-state index contributed by atoms with van der Waals surface area (Å²) in [5, 5.41) is 25.0. The van der Waals surface area contributed by atoms with Gasteiger partial charge in [-0.15, -0.1) is 0 Å². The number of nitrogens with zero attached hydrogens (tertiary/aromatic N) is 1. The molecular formula is C18H18FN3O6. The summed E-state index contributed by atoms with van der Waals surface area (Å²) in [5.74, 6) is -2.21. The zero-order valence-corrected chi connectivity index (χ0v) is 14.8. The van der Waals surface area contributed by atoms with E-state index < -0.39 is 28.7 Å². The predicted molar refractivity (Wildman–Crippen MR) is 98.6 cm³/mol. The summed E-state index contributed by atoms with van der Waals surface area (Å²) in [5.41, 5.74) is -0.0950. The molecule has 0 fully saturated rings. The lowest BCUT2D eigenvalue weighted by Crippen LogP contribution is -2.30. The number of anilines is 2. The van der Waals surface area contributed by atoms with Crippen molar-refractivity contribution in [3.8, 4) is 0 Å². The molecule has 0 spiro atoms. The third-order valence-electron chi connectivity index (χ3n) is 3.61. The molecule has 0 saturated heterocycles. The minimum absolute atomic E-state index is 0.105. The molecule has 9 nitrogen and oxygen atoms in total. The molecule has 0 saturated carbocycles. The van der Waals surface area contributed by atoms with Gasteiger partial charge in [-0.2, -0.15) is 0 Å². The SMILES string of the molecule is C[C@H](OC(=O)c1cc([N+](=O)[O-])ccc1NCCO)C(=O)Nc1cccc(F)c1. The van der Waals surface area contributed by atoms with E-state index in [0.717, 1.165) is 12.1 Å². The molecule has 2 aromatic carbocycles. The van der Waals surface area contributed by atoms with E-state index in [-0.39, 0.29) is 35.8 Å². The standard InChI is InChI=1S/C18H18FN3O6/c1-11(17(24)21-13-4-2-3-12(19)9-13)28-18(25)15-10-14(22(26)27)5-6-16(15)20-7-8-23/h2-6,9-11,20,23H,7-8H2,1H3,(H,21,24)/t11-/m0/s1. The minimum atomic E-state index is -1.25. The molecule has 1 amide bonds. The quantitative estimate of drug-likeness (QED) is 0.357. The van der Waals surface area contributed by atoms with Crippen LogP contribution in [0.25, 0.3) is 0 Å². The van der Waals surface area contributed by atoms with Gasteiger partial charge in [0.1, 0.15) is 5.82 Å². The summed E-state index contributed by atoms with van der Waals surface area (Å²) in [4.78, 5) is 34.9. The topological polar surface area (TPSA) is 131 Å². The van der Waals surface area contributed by atoms with Crippen LogP contribution in [0.15, 0.2) is 42.5 Å². The first-order valence-electron chi connectivity index (χ1n) is 8.22. The number of carbonyl (C=O) groups is 2. The van der Waals surface area contributed by atoms with Crippen molar-refractivity contribution in [1.29, 1.82) is 0 Å². The van der Waals surface area contributed by atoms with Gasteiger partial charge in [0.2, 0.25) is 0 Å². The van der Waals surface area contributed by atoms with Crippen LogP contribution >= 0.6 is 0 Å². The number of carbonyl (C=O) groups excluding carboxylic acids is 2. The van der Waals surface area contributed by atoms with Crippen molar-refractivity contribution in [3.63, 3.8) is 0 Å². The molecule has 0 aliphatic rings. The van der Waals surface area contributed by atoms with Crippen LogP contribution in [-0.4, -0.2) is 41.2 Å². The van der Waals surface area contributed by atoms with E-state index in [1.165, 1.54) is 37.3 Å². The number of aliphatic hydroxyl groups is 1. The number of hydrogen-bond donors (Lipinski definition) is 3. The molecule has 0 aromatic heterocycles. The maximum absolute atomic E-state index is 13.2. The van der Waals surface area contributed by atoms with Crippen LogP contribution in [0.2, 0.25) is 0 Å². The summed E-state index contributed by atoms with van der Waals surface area (Å²) in [6.45, 7) is 1.19. The fourth-order valence-electron chi connectivity index (χ4n) is 2.25. The second-order valence-corrected chi connectivity index (χ2v) is 5.68. The highest BCUT2D eigenvalue weighted by Gasteiger charge is 2.23. The van der Waals surface area contributed by atoms with E-state index in [1.807, 2.05) is 0 Å². The number of rotatable bonds is 8. The maximum atomic E-state index is 13.2. The lowest BCUT2D eigenvalue weighted by Gasteiger charge is -2.15. The van der Waals surface area contributed by atoms with Gasteiger partial charge in [-0.05, 0) is 31.2 Å². The molecule has 1 atom stereocenters. The first-order valence-corrected chi connectivity index (χ1v) is 8.22. The Kier molecular flexibility index (Phi) is 6.99. The van der Waals surface area contributed by atoms with Crippen LogP contribution in [0.5, 0.6) is 0 Å². The molecule has 2 aromatic rings.